The molecule has 0 spiro atoms. The lowest BCUT2D eigenvalue weighted by molar-refractivity contribution is 0.0878. The molecular weight excluding hydrogens is 276 g/mol. The highest BCUT2D eigenvalue weighted by Crippen LogP contribution is 2.33. The first kappa shape index (κ1) is 19.2. The third-order valence-electron chi connectivity index (χ3n) is 5.15. The molecule has 0 aliphatic heterocycles. The number of hydrogen-bond acceptors (Lipinski definition) is 2. The third kappa shape index (κ3) is 6.83. The van der Waals surface area contributed by atoms with Gasteiger partial charge in [-0.25, -0.2) is 0 Å². The van der Waals surface area contributed by atoms with Gasteiger partial charge in [0.05, 0.1) is 0 Å². The molecule has 1 rings (SSSR count). The van der Waals surface area contributed by atoms with E-state index in [4.69, 9.17) is 8.85 Å². The van der Waals surface area contributed by atoms with Gasteiger partial charge in [-0.1, -0.05) is 52.4 Å². The van der Waals surface area contributed by atoms with E-state index in [-0.39, 0.29) is 0 Å². The quantitative estimate of drug-likeness (QED) is 0.442. The summed E-state index contributed by atoms with van der Waals surface area (Å²) in [6.45, 7) is 12.1. The molecule has 0 saturated heterocycles. The molecule has 1 aliphatic rings. The van der Waals surface area contributed by atoms with Gasteiger partial charge in [0.25, 0.3) is 0 Å². The molecule has 0 aromatic carbocycles. The second-order valence-electron chi connectivity index (χ2n) is 7.05. The van der Waals surface area contributed by atoms with Gasteiger partial charge >= 0.3 is 8.56 Å². The highest BCUT2D eigenvalue weighted by Gasteiger charge is 2.37. The van der Waals surface area contributed by atoms with Gasteiger partial charge in [0.2, 0.25) is 0 Å². The van der Waals surface area contributed by atoms with E-state index in [0.717, 1.165) is 18.4 Å². The molecule has 0 aromatic heterocycles. The second kappa shape index (κ2) is 10.0. The predicted molar refractivity (Wildman–Crippen MR) is 93.9 cm³/mol. The van der Waals surface area contributed by atoms with Crippen LogP contribution in [-0.4, -0.2) is 21.3 Å². The van der Waals surface area contributed by atoms with Gasteiger partial charge < -0.3 is 8.85 Å². The zero-order chi connectivity index (χ0) is 15.7. The van der Waals surface area contributed by atoms with Crippen LogP contribution in [0.2, 0.25) is 12.6 Å². The van der Waals surface area contributed by atoms with Crippen molar-refractivity contribution >= 4 is 8.56 Å². The van der Waals surface area contributed by atoms with Gasteiger partial charge in [0.15, 0.2) is 0 Å². The summed E-state index contributed by atoms with van der Waals surface area (Å²) in [6.07, 6.45) is 11.1. The molecule has 126 valence electrons. The Kier molecular flexibility index (Phi) is 9.15. The number of hydrogen-bond donors (Lipinski definition) is 0. The Morgan fingerprint density at radius 1 is 1.14 bits per heavy atom. The van der Waals surface area contributed by atoms with Crippen LogP contribution in [-0.2, 0) is 8.85 Å². The zero-order valence-electron chi connectivity index (χ0n) is 15.1. The Morgan fingerprint density at radius 3 is 2.33 bits per heavy atom. The maximum Gasteiger partial charge on any atom is 0.335 e. The van der Waals surface area contributed by atoms with Crippen LogP contribution >= 0.6 is 0 Å². The van der Waals surface area contributed by atoms with E-state index in [9.17, 15) is 0 Å². The van der Waals surface area contributed by atoms with Crippen molar-refractivity contribution in [2.24, 2.45) is 11.8 Å². The van der Waals surface area contributed by atoms with Crippen LogP contribution in [0, 0.1) is 11.8 Å². The van der Waals surface area contributed by atoms with Crippen molar-refractivity contribution in [1.29, 1.82) is 0 Å². The highest BCUT2D eigenvalue weighted by atomic mass is 28.4. The average Bonchev–Trinajstić information content (AvgIpc) is 2.97. The molecule has 0 radical (unpaired) electrons. The standard InChI is InChI=1S/C18H38O2Si/c1-6-9-12-17(7-2)15-21(5,19-8-3)20-16(4)18-13-10-11-14-18/h16-18H,6-15H2,1-5H3. The van der Waals surface area contributed by atoms with Crippen molar-refractivity contribution in [2.75, 3.05) is 6.61 Å². The molecule has 21 heavy (non-hydrogen) atoms. The largest absolute Gasteiger partial charge is 0.395 e. The SMILES string of the molecule is CCCCC(CC)C[Si](C)(OCC)OC(C)C1CCCC1. The molecule has 1 aliphatic carbocycles. The molecule has 1 saturated carbocycles. The monoisotopic (exact) mass is 314 g/mol. The van der Waals surface area contributed by atoms with Crippen molar-refractivity contribution in [1.82, 2.24) is 0 Å². The summed E-state index contributed by atoms with van der Waals surface area (Å²) in [6, 6.07) is 1.18. The number of rotatable bonds is 11. The minimum Gasteiger partial charge on any atom is -0.395 e. The van der Waals surface area contributed by atoms with Gasteiger partial charge in [-0.2, -0.15) is 0 Å². The molecule has 3 unspecified atom stereocenters. The van der Waals surface area contributed by atoms with E-state index in [0.29, 0.717) is 6.10 Å². The Morgan fingerprint density at radius 2 is 1.81 bits per heavy atom. The van der Waals surface area contributed by atoms with Crippen molar-refractivity contribution in [2.45, 2.75) is 97.8 Å². The predicted octanol–water partition coefficient (Wildman–Crippen LogP) is 5.91. The Hall–Kier alpha value is 0.137. The molecule has 3 atom stereocenters. The maximum absolute atomic E-state index is 6.59. The van der Waals surface area contributed by atoms with E-state index < -0.39 is 8.56 Å². The lowest BCUT2D eigenvalue weighted by atomic mass is 10.0. The molecule has 0 aromatic rings. The first-order chi connectivity index (χ1) is 10.0. The normalized spacial score (nSPS) is 22.1. The lowest BCUT2D eigenvalue weighted by Gasteiger charge is -2.34. The fourth-order valence-electron chi connectivity index (χ4n) is 3.83. The zero-order valence-corrected chi connectivity index (χ0v) is 16.1. The Bertz CT molecular complexity index is 266. The second-order valence-corrected chi connectivity index (χ2v) is 10.3. The lowest BCUT2D eigenvalue weighted by Crippen LogP contribution is -2.44. The summed E-state index contributed by atoms with van der Waals surface area (Å²) < 4.78 is 12.8. The molecular formula is C18H38O2Si. The van der Waals surface area contributed by atoms with Crippen LogP contribution in [0.4, 0.5) is 0 Å². The van der Waals surface area contributed by atoms with Gasteiger partial charge in [0.1, 0.15) is 0 Å². The van der Waals surface area contributed by atoms with Crippen LogP contribution < -0.4 is 0 Å². The van der Waals surface area contributed by atoms with E-state index in [1.165, 1.54) is 57.4 Å². The van der Waals surface area contributed by atoms with Gasteiger partial charge in [0, 0.05) is 12.7 Å². The van der Waals surface area contributed by atoms with Crippen molar-refractivity contribution in [3.05, 3.63) is 0 Å². The van der Waals surface area contributed by atoms with Crippen LogP contribution in [0.25, 0.3) is 0 Å². The van der Waals surface area contributed by atoms with Crippen molar-refractivity contribution in [3.8, 4) is 0 Å². The third-order valence-corrected chi connectivity index (χ3v) is 8.24. The minimum absolute atomic E-state index is 0.388. The topological polar surface area (TPSA) is 18.5 Å². The minimum atomic E-state index is -2.01. The Balaban J connectivity index is 2.57. The average molecular weight is 315 g/mol. The molecule has 0 N–H and O–H groups in total. The van der Waals surface area contributed by atoms with Crippen LogP contribution in [0.3, 0.4) is 0 Å². The summed E-state index contributed by atoms with van der Waals surface area (Å²) >= 11 is 0. The van der Waals surface area contributed by atoms with E-state index in [1.807, 2.05) is 0 Å². The van der Waals surface area contributed by atoms with Crippen LogP contribution in [0.15, 0.2) is 0 Å². The summed E-state index contributed by atoms with van der Waals surface area (Å²) in [7, 11) is -2.01. The highest BCUT2D eigenvalue weighted by molar-refractivity contribution is 6.66. The van der Waals surface area contributed by atoms with Gasteiger partial charge in [-0.3, -0.25) is 0 Å². The first-order valence-corrected chi connectivity index (χ1v) is 11.9. The van der Waals surface area contributed by atoms with E-state index in [1.54, 1.807) is 0 Å². The summed E-state index contributed by atoms with van der Waals surface area (Å²) in [5, 5.41) is 0. The molecule has 0 amide bonds. The fraction of sp³-hybridized carbons (Fsp3) is 1.00. The fourth-order valence-corrected chi connectivity index (χ4v) is 7.24. The first-order valence-electron chi connectivity index (χ1n) is 9.36. The maximum atomic E-state index is 6.59. The van der Waals surface area contributed by atoms with Gasteiger partial charge in [-0.15, -0.1) is 0 Å². The molecule has 3 heteroatoms. The smallest absolute Gasteiger partial charge is 0.335 e. The van der Waals surface area contributed by atoms with Gasteiger partial charge in [-0.05, 0) is 51.1 Å². The summed E-state index contributed by atoms with van der Waals surface area (Å²) in [5.74, 6) is 1.55. The van der Waals surface area contributed by atoms with Crippen molar-refractivity contribution < 1.29 is 8.85 Å². The van der Waals surface area contributed by atoms with Crippen LogP contribution in [0.5, 0.6) is 0 Å². The molecule has 0 heterocycles. The molecule has 1 fully saturated rings. The van der Waals surface area contributed by atoms with Crippen LogP contribution in [0.1, 0.15) is 79.1 Å². The summed E-state index contributed by atoms with van der Waals surface area (Å²) in [5.41, 5.74) is 0. The summed E-state index contributed by atoms with van der Waals surface area (Å²) in [4.78, 5) is 0. The van der Waals surface area contributed by atoms with E-state index in [2.05, 4.69) is 34.2 Å². The Labute approximate surface area is 134 Å². The molecule has 0 bridgehead atoms. The van der Waals surface area contributed by atoms with Crippen molar-refractivity contribution in [3.63, 3.8) is 0 Å². The number of unbranched alkanes of at least 4 members (excludes halogenated alkanes) is 1. The molecule has 2 nitrogen and oxygen atoms in total. The van der Waals surface area contributed by atoms with E-state index >= 15 is 0 Å².